The highest BCUT2D eigenvalue weighted by atomic mass is 32.2. The third-order valence-corrected chi connectivity index (χ3v) is 6.10. The summed E-state index contributed by atoms with van der Waals surface area (Å²) in [6, 6.07) is 6.28. The van der Waals surface area contributed by atoms with Gasteiger partial charge in [0.25, 0.3) is 5.91 Å². The van der Waals surface area contributed by atoms with E-state index in [0.717, 1.165) is 32.1 Å². The molecule has 0 aromatic heterocycles. The molecule has 1 aliphatic heterocycles. The summed E-state index contributed by atoms with van der Waals surface area (Å²) in [5.41, 5.74) is 6.23. The number of amides is 1. The van der Waals surface area contributed by atoms with Crippen molar-refractivity contribution in [3.8, 4) is 0 Å². The Morgan fingerprint density at radius 2 is 1.96 bits per heavy atom. The maximum atomic E-state index is 12.5. The van der Waals surface area contributed by atoms with Crippen molar-refractivity contribution >= 4 is 15.9 Å². The van der Waals surface area contributed by atoms with Crippen molar-refractivity contribution in [1.82, 2.24) is 9.62 Å². The number of sulfonamides is 1. The van der Waals surface area contributed by atoms with Gasteiger partial charge >= 0.3 is 0 Å². The van der Waals surface area contributed by atoms with E-state index in [9.17, 15) is 13.2 Å². The minimum atomic E-state index is -3.58. The van der Waals surface area contributed by atoms with Crippen molar-refractivity contribution in [1.29, 1.82) is 0 Å². The zero-order valence-electron chi connectivity index (χ0n) is 13.1. The molecule has 0 bridgehead atoms. The van der Waals surface area contributed by atoms with E-state index in [1.54, 1.807) is 17.0 Å². The van der Waals surface area contributed by atoms with E-state index in [2.05, 4.69) is 4.72 Å². The Morgan fingerprint density at radius 1 is 1.22 bits per heavy atom. The molecule has 3 N–H and O–H groups in total. The van der Waals surface area contributed by atoms with Gasteiger partial charge in [-0.05, 0) is 37.5 Å². The van der Waals surface area contributed by atoms with Crippen LogP contribution in [0.25, 0.3) is 0 Å². The Morgan fingerprint density at radius 3 is 2.61 bits per heavy atom. The highest BCUT2D eigenvalue weighted by molar-refractivity contribution is 7.89. The highest BCUT2D eigenvalue weighted by Crippen LogP contribution is 2.21. The van der Waals surface area contributed by atoms with E-state index < -0.39 is 10.0 Å². The molecule has 1 heterocycles. The topological polar surface area (TPSA) is 92.5 Å². The molecule has 1 saturated heterocycles. The maximum Gasteiger partial charge on any atom is 0.253 e. The molecule has 3 rings (SSSR count). The molecule has 1 amide bonds. The molecule has 0 unspecified atom stereocenters. The molecule has 2 fully saturated rings. The van der Waals surface area contributed by atoms with E-state index in [4.69, 9.17) is 5.73 Å². The molecule has 1 saturated carbocycles. The van der Waals surface area contributed by atoms with Crippen molar-refractivity contribution in [3.63, 3.8) is 0 Å². The molecule has 23 heavy (non-hydrogen) atoms. The number of carbonyl (C=O) groups is 1. The van der Waals surface area contributed by atoms with Crippen LogP contribution in [0.1, 0.15) is 42.5 Å². The number of nitrogens with two attached hydrogens (primary N) is 1. The van der Waals surface area contributed by atoms with Crippen LogP contribution in [0, 0.1) is 0 Å². The monoisotopic (exact) mass is 337 g/mol. The van der Waals surface area contributed by atoms with Crippen LogP contribution in [0.2, 0.25) is 0 Å². The van der Waals surface area contributed by atoms with Crippen molar-refractivity contribution in [2.75, 3.05) is 13.1 Å². The zero-order chi connectivity index (χ0) is 16.4. The van der Waals surface area contributed by atoms with Crippen LogP contribution in [0.4, 0.5) is 0 Å². The fourth-order valence-electron chi connectivity index (χ4n) is 3.28. The average molecular weight is 337 g/mol. The summed E-state index contributed by atoms with van der Waals surface area (Å²) in [7, 11) is -3.58. The standard InChI is InChI=1S/C16H23N3O3S/c17-13-8-9-19(11-13)16(20)12-4-3-7-15(10-12)23(21,22)18-14-5-1-2-6-14/h3-4,7,10,13-14,18H,1-2,5-6,8-9,11,17H2/t13-/m1/s1. The molecule has 6 nitrogen and oxygen atoms in total. The lowest BCUT2D eigenvalue weighted by molar-refractivity contribution is 0.0790. The molecular formula is C16H23N3O3S. The summed E-state index contributed by atoms with van der Waals surface area (Å²) in [5, 5.41) is 0. The Labute approximate surface area is 137 Å². The first kappa shape index (κ1) is 16.4. The SMILES string of the molecule is N[C@@H]1CCN(C(=O)c2cccc(S(=O)(=O)NC3CCCC3)c2)C1. The van der Waals surface area contributed by atoms with Gasteiger partial charge in [0.1, 0.15) is 0 Å². The third-order valence-electron chi connectivity index (χ3n) is 4.58. The normalized spacial score (nSPS) is 22.7. The smallest absolute Gasteiger partial charge is 0.253 e. The van der Waals surface area contributed by atoms with Crippen LogP contribution in [0.5, 0.6) is 0 Å². The number of hydrogen-bond acceptors (Lipinski definition) is 4. The van der Waals surface area contributed by atoms with Crippen LogP contribution < -0.4 is 10.5 Å². The van der Waals surface area contributed by atoms with Gasteiger partial charge in [-0.3, -0.25) is 4.79 Å². The molecule has 1 aromatic rings. The van der Waals surface area contributed by atoms with Crippen LogP contribution in [-0.4, -0.2) is 44.4 Å². The Bertz CT molecular complexity index is 684. The first-order chi connectivity index (χ1) is 11.0. The van der Waals surface area contributed by atoms with Crippen LogP contribution >= 0.6 is 0 Å². The predicted octanol–water partition coefficient (Wildman–Crippen LogP) is 1.08. The minimum Gasteiger partial charge on any atom is -0.337 e. The number of benzene rings is 1. The van der Waals surface area contributed by atoms with Crippen LogP contribution in [0.3, 0.4) is 0 Å². The first-order valence-corrected chi connectivity index (χ1v) is 9.61. The second-order valence-electron chi connectivity index (χ2n) is 6.43. The fraction of sp³-hybridized carbons (Fsp3) is 0.562. The van der Waals surface area contributed by atoms with Crippen molar-refractivity contribution in [3.05, 3.63) is 29.8 Å². The summed E-state index contributed by atoms with van der Waals surface area (Å²) in [5.74, 6) is -0.157. The van der Waals surface area contributed by atoms with Crippen molar-refractivity contribution in [2.24, 2.45) is 5.73 Å². The molecule has 126 valence electrons. The summed E-state index contributed by atoms with van der Waals surface area (Å²) in [6.07, 6.45) is 4.65. The Balaban J connectivity index is 1.77. The zero-order valence-corrected chi connectivity index (χ0v) is 13.9. The number of carbonyl (C=O) groups excluding carboxylic acids is 1. The summed E-state index contributed by atoms with van der Waals surface area (Å²) in [4.78, 5) is 14.3. The van der Waals surface area contributed by atoms with E-state index in [1.165, 1.54) is 12.1 Å². The molecule has 1 aromatic carbocycles. The quantitative estimate of drug-likeness (QED) is 0.860. The van der Waals surface area contributed by atoms with Crippen LogP contribution in [0.15, 0.2) is 29.2 Å². The average Bonchev–Trinajstić information content (AvgIpc) is 3.18. The van der Waals surface area contributed by atoms with Gasteiger partial charge < -0.3 is 10.6 Å². The molecule has 1 atom stereocenters. The first-order valence-electron chi connectivity index (χ1n) is 8.13. The summed E-state index contributed by atoms with van der Waals surface area (Å²) < 4.78 is 27.7. The van der Waals surface area contributed by atoms with E-state index in [-0.39, 0.29) is 22.9 Å². The van der Waals surface area contributed by atoms with Gasteiger partial charge in [-0.25, -0.2) is 13.1 Å². The number of hydrogen-bond donors (Lipinski definition) is 2. The third kappa shape index (κ3) is 3.73. The largest absolute Gasteiger partial charge is 0.337 e. The second-order valence-corrected chi connectivity index (χ2v) is 8.14. The second kappa shape index (κ2) is 6.59. The molecule has 2 aliphatic rings. The Kier molecular flexibility index (Phi) is 4.70. The Hall–Kier alpha value is -1.44. The van der Waals surface area contributed by atoms with Gasteiger partial charge in [-0.15, -0.1) is 0 Å². The van der Waals surface area contributed by atoms with E-state index >= 15 is 0 Å². The summed E-state index contributed by atoms with van der Waals surface area (Å²) in [6.45, 7) is 1.15. The van der Waals surface area contributed by atoms with Crippen LogP contribution in [-0.2, 0) is 10.0 Å². The van der Waals surface area contributed by atoms with Gasteiger partial charge in [-0.2, -0.15) is 0 Å². The van der Waals surface area contributed by atoms with E-state index in [0.29, 0.717) is 18.7 Å². The van der Waals surface area contributed by atoms with Gasteiger partial charge in [-0.1, -0.05) is 18.9 Å². The van der Waals surface area contributed by atoms with Gasteiger partial charge in [0, 0.05) is 30.7 Å². The van der Waals surface area contributed by atoms with Gasteiger partial charge in [0.2, 0.25) is 10.0 Å². The fourth-order valence-corrected chi connectivity index (χ4v) is 4.63. The molecular weight excluding hydrogens is 314 g/mol. The number of nitrogens with zero attached hydrogens (tertiary/aromatic N) is 1. The minimum absolute atomic E-state index is 0.00917. The van der Waals surface area contributed by atoms with Crippen molar-refractivity contribution in [2.45, 2.75) is 49.1 Å². The van der Waals surface area contributed by atoms with E-state index in [1.807, 2.05) is 0 Å². The lowest BCUT2D eigenvalue weighted by Gasteiger charge is -2.17. The number of rotatable bonds is 4. The molecule has 7 heteroatoms. The molecule has 0 radical (unpaired) electrons. The predicted molar refractivity (Wildman–Crippen MR) is 87.5 cm³/mol. The summed E-state index contributed by atoms with van der Waals surface area (Å²) >= 11 is 0. The highest BCUT2D eigenvalue weighted by Gasteiger charge is 2.27. The number of likely N-dealkylation sites (tertiary alicyclic amines) is 1. The molecule has 0 spiro atoms. The van der Waals surface area contributed by atoms with Gasteiger partial charge in [0.05, 0.1) is 4.90 Å². The van der Waals surface area contributed by atoms with Gasteiger partial charge in [0.15, 0.2) is 0 Å². The maximum absolute atomic E-state index is 12.5. The molecule has 1 aliphatic carbocycles. The van der Waals surface area contributed by atoms with Crippen molar-refractivity contribution < 1.29 is 13.2 Å². The lowest BCUT2D eigenvalue weighted by Crippen LogP contribution is -2.33. The number of nitrogens with one attached hydrogen (secondary N) is 1. The lowest BCUT2D eigenvalue weighted by atomic mass is 10.2.